The summed E-state index contributed by atoms with van der Waals surface area (Å²) in [5.41, 5.74) is 0. The highest BCUT2D eigenvalue weighted by Gasteiger charge is 2.23. The Labute approximate surface area is 120 Å². The van der Waals surface area contributed by atoms with E-state index in [-0.39, 0.29) is 30.5 Å². The van der Waals surface area contributed by atoms with Gasteiger partial charge in [0, 0.05) is 6.61 Å². The van der Waals surface area contributed by atoms with Crippen molar-refractivity contribution in [2.45, 2.75) is 38.2 Å². The first-order valence-corrected chi connectivity index (χ1v) is 6.73. The fourth-order valence-corrected chi connectivity index (χ4v) is 2.20. The molecule has 112 valence electrons. The first-order chi connectivity index (χ1) is 9.60. The van der Waals surface area contributed by atoms with Crippen LogP contribution in [0.25, 0.3) is 0 Å². The maximum absolute atomic E-state index is 10.6. The summed E-state index contributed by atoms with van der Waals surface area (Å²) in [6, 6.07) is 0. The molecule has 20 heavy (non-hydrogen) atoms. The minimum atomic E-state index is -0.624. The molecule has 1 saturated heterocycles. The van der Waals surface area contributed by atoms with Gasteiger partial charge in [-0.05, 0) is 40.8 Å². The van der Waals surface area contributed by atoms with E-state index < -0.39 is 11.0 Å². The number of aromatic nitrogens is 2. The van der Waals surface area contributed by atoms with E-state index >= 15 is 0 Å². The summed E-state index contributed by atoms with van der Waals surface area (Å²) < 4.78 is 12.4. The first-order valence-electron chi connectivity index (χ1n) is 6.35. The van der Waals surface area contributed by atoms with Crippen molar-refractivity contribution in [1.29, 1.82) is 0 Å². The van der Waals surface area contributed by atoms with Gasteiger partial charge in [-0.1, -0.05) is 0 Å². The molecule has 2 atom stereocenters. The number of rotatable bonds is 6. The average molecular weight is 306 g/mol. The van der Waals surface area contributed by atoms with Gasteiger partial charge in [-0.2, -0.15) is 0 Å². The van der Waals surface area contributed by atoms with Gasteiger partial charge in [0.2, 0.25) is 0 Å². The third-order valence-corrected chi connectivity index (χ3v) is 3.29. The zero-order valence-corrected chi connectivity index (χ0v) is 11.5. The second kappa shape index (κ2) is 6.98. The number of nitrogens with zero attached hydrogens (tertiary/aromatic N) is 3. The van der Waals surface area contributed by atoms with Crippen molar-refractivity contribution < 1.29 is 19.5 Å². The fraction of sp³-hybridized carbons (Fsp3) is 0.727. The summed E-state index contributed by atoms with van der Waals surface area (Å²) in [7, 11) is 0. The Balaban J connectivity index is 1.96. The molecule has 1 fully saturated rings. The van der Waals surface area contributed by atoms with Crippen LogP contribution in [-0.2, 0) is 16.0 Å². The summed E-state index contributed by atoms with van der Waals surface area (Å²) in [4.78, 5) is 13.6. The van der Waals surface area contributed by atoms with Gasteiger partial charge in [-0.25, -0.2) is 0 Å². The minimum Gasteiger partial charge on any atom is -0.394 e. The van der Waals surface area contributed by atoms with Crippen LogP contribution in [0.1, 0.15) is 19.3 Å². The molecule has 0 aliphatic carbocycles. The first kappa shape index (κ1) is 15.2. The number of aliphatic hydroxyl groups is 1. The quantitative estimate of drug-likeness (QED) is 0.629. The SMILES string of the molecule is O=[N+]([O-])c1cn(C[C@@H](CO)OC2CCCCO2)c(Cl)n1. The second-order valence-electron chi connectivity index (χ2n) is 4.51. The lowest BCUT2D eigenvalue weighted by molar-refractivity contribution is -0.389. The number of imidazole rings is 1. The van der Waals surface area contributed by atoms with Crippen molar-refractivity contribution in [2.24, 2.45) is 0 Å². The van der Waals surface area contributed by atoms with Crippen LogP contribution < -0.4 is 0 Å². The summed E-state index contributed by atoms with van der Waals surface area (Å²) in [6.07, 6.45) is 3.11. The summed E-state index contributed by atoms with van der Waals surface area (Å²) >= 11 is 5.81. The monoisotopic (exact) mass is 305 g/mol. The molecule has 0 radical (unpaired) electrons. The molecule has 1 aromatic rings. The lowest BCUT2D eigenvalue weighted by atomic mass is 10.2. The molecule has 9 heteroatoms. The Bertz CT molecular complexity index is 461. The summed E-state index contributed by atoms with van der Waals surface area (Å²) in [6.45, 7) is 0.582. The largest absolute Gasteiger partial charge is 0.394 e. The van der Waals surface area contributed by atoms with E-state index in [0.29, 0.717) is 6.61 Å². The Hall–Kier alpha value is -1.22. The number of aliphatic hydroxyl groups excluding tert-OH is 1. The molecule has 1 aliphatic rings. The predicted octanol–water partition coefficient (Wildman–Crippen LogP) is 1.35. The number of ether oxygens (including phenoxy) is 2. The molecular formula is C11H16ClN3O5. The lowest BCUT2D eigenvalue weighted by Crippen LogP contribution is -2.32. The van der Waals surface area contributed by atoms with Gasteiger partial charge < -0.3 is 24.7 Å². The zero-order chi connectivity index (χ0) is 14.5. The van der Waals surface area contributed by atoms with Gasteiger partial charge >= 0.3 is 11.1 Å². The van der Waals surface area contributed by atoms with Crippen molar-refractivity contribution in [1.82, 2.24) is 9.55 Å². The van der Waals surface area contributed by atoms with Gasteiger partial charge in [-0.3, -0.25) is 4.57 Å². The van der Waals surface area contributed by atoms with Crippen LogP contribution in [0.5, 0.6) is 0 Å². The highest BCUT2D eigenvalue weighted by molar-refractivity contribution is 6.28. The van der Waals surface area contributed by atoms with Gasteiger partial charge in [0.15, 0.2) is 6.29 Å². The molecule has 1 N–H and O–H groups in total. The van der Waals surface area contributed by atoms with Crippen LogP contribution in [-0.4, -0.2) is 45.2 Å². The predicted molar refractivity (Wildman–Crippen MR) is 69.4 cm³/mol. The zero-order valence-electron chi connectivity index (χ0n) is 10.8. The normalized spacial score (nSPS) is 20.8. The van der Waals surface area contributed by atoms with Gasteiger partial charge in [0.1, 0.15) is 12.3 Å². The molecule has 1 aliphatic heterocycles. The molecule has 1 unspecified atom stereocenters. The van der Waals surface area contributed by atoms with E-state index in [0.717, 1.165) is 19.3 Å². The Morgan fingerprint density at radius 1 is 1.70 bits per heavy atom. The molecule has 8 nitrogen and oxygen atoms in total. The van der Waals surface area contributed by atoms with Crippen molar-refractivity contribution in [3.8, 4) is 0 Å². The van der Waals surface area contributed by atoms with E-state index in [1.807, 2.05) is 0 Å². The second-order valence-corrected chi connectivity index (χ2v) is 4.85. The summed E-state index contributed by atoms with van der Waals surface area (Å²) in [5.74, 6) is -0.333. The Morgan fingerprint density at radius 3 is 3.05 bits per heavy atom. The molecule has 0 bridgehead atoms. The topological polar surface area (TPSA) is 99.7 Å². The molecule has 2 heterocycles. The molecule has 0 amide bonds. The van der Waals surface area contributed by atoms with E-state index in [2.05, 4.69) is 4.98 Å². The third-order valence-electron chi connectivity index (χ3n) is 2.99. The number of halogens is 1. The molecule has 0 aromatic carbocycles. The number of hydrogen-bond acceptors (Lipinski definition) is 6. The maximum atomic E-state index is 10.6. The van der Waals surface area contributed by atoms with E-state index in [1.165, 1.54) is 10.8 Å². The highest BCUT2D eigenvalue weighted by Crippen LogP contribution is 2.19. The number of hydrogen-bond donors (Lipinski definition) is 1. The number of nitro groups is 1. The van der Waals surface area contributed by atoms with Crippen LogP contribution in [0.4, 0.5) is 5.82 Å². The molecule has 2 rings (SSSR count). The molecule has 0 spiro atoms. The van der Waals surface area contributed by atoms with Gasteiger partial charge in [-0.15, -0.1) is 0 Å². The smallest absolute Gasteiger partial charge is 0.383 e. The maximum Gasteiger partial charge on any atom is 0.383 e. The van der Waals surface area contributed by atoms with Gasteiger partial charge in [0.05, 0.1) is 13.2 Å². The van der Waals surface area contributed by atoms with Gasteiger partial charge in [0.25, 0.3) is 0 Å². The average Bonchev–Trinajstić information content (AvgIpc) is 2.81. The van der Waals surface area contributed by atoms with Crippen LogP contribution in [0, 0.1) is 10.1 Å². The van der Waals surface area contributed by atoms with Crippen molar-refractivity contribution in [2.75, 3.05) is 13.2 Å². The van der Waals surface area contributed by atoms with Crippen molar-refractivity contribution in [3.05, 3.63) is 21.6 Å². The fourth-order valence-electron chi connectivity index (χ4n) is 1.99. The van der Waals surface area contributed by atoms with Crippen molar-refractivity contribution in [3.63, 3.8) is 0 Å². The highest BCUT2D eigenvalue weighted by atomic mass is 35.5. The van der Waals surface area contributed by atoms with Crippen LogP contribution in [0.2, 0.25) is 5.28 Å². The van der Waals surface area contributed by atoms with Crippen LogP contribution in [0.15, 0.2) is 6.20 Å². The lowest BCUT2D eigenvalue weighted by Gasteiger charge is -2.26. The standard InChI is InChI=1S/C11H16ClN3O5/c12-11-13-9(15(17)18)6-14(11)5-8(7-16)20-10-3-1-2-4-19-10/h6,8,10,16H,1-5,7H2/t8-,10?/m0/s1. The van der Waals surface area contributed by atoms with Crippen LogP contribution in [0.3, 0.4) is 0 Å². The molecule has 1 aromatic heterocycles. The van der Waals surface area contributed by atoms with Crippen molar-refractivity contribution >= 4 is 17.4 Å². The minimum absolute atomic E-state index is 0.0108. The summed E-state index contributed by atoms with van der Waals surface area (Å²) in [5, 5.41) is 19.9. The Kier molecular flexibility index (Phi) is 5.30. The van der Waals surface area contributed by atoms with E-state index in [9.17, 15) is 15.2 Å². The van der Waals surface area contributed by atoms with E-state index in [1.54, 1.807) is 0 Å². The molecule has 0 saturated carbocycles. The Morgan fingerprint density at radius 2 is 2.50 bits per heavy atom. The van der Waals surface area contributed by atoms with Crippen LogP contribution >= 0.6 is 11.6 Å². The molecular weight excluding hydrogens is 290 g/mol. The third kappa shape index (κ3) is 3.89. The van der Waals surface area contributed by atoms with E-state index in [4.69, 9.17) is 21.1 Å².